The van der Waals surface area contributed by atoms with E-state index in [4.69, 9.17) is 11.6 Å². The topological polar surface area (TPSA) is 87.5 Å². The van der Waals surface area contributed by atoms with E-state index >= 15 is 0 Å². The molecule has 0 saturated heterocycles. The Balaban J connectivity index is 1.91. The molecule has 2 amide bonds. The molecule has 2 N–H and O–H groups in total. The predicted octanol–water partition coefficient (Wildman–Crippen LogP) is 2.74. The van der Waals surface area contributed by atoms with E-state index < -0.39 is 5.91 Å². The number of nitrogens with zero attached hydrogens (tertiary/aromatic N) is 3. The summed E-state index contributed by atoms with van der Waals surface area (Å²) in [6.07, 6.45) is 1.59. The van der Waals surface area contributed by atoms with Gasteiger partial charge in [0, 0.05) is 24.5 Å². The molecule has 0 aliphatic rings. The van der Waals surface area contributed by atoms with E-state index in [0.29, 0.717) is 21.6 Å². The number of anilines is 1. The number of phenolic OH excluding ortho intramolecular Hbond substituents is 1. The standard InChI is InChI=1S/C18H17ClN4O3/c1-22(2)17(25)10-23-15-5-3-4-14(13(15)9-20-23)21-18(26)12-8-11(19)6-7-16(12)24/h3-9,24H,10H2,1-2H3,(H,21,26). The predicted molar refractivity (Wildman–Crippen MR) is 99.5 cm³/mol. The Kier molecular flexibility index (Phi) is 4.81. The molecule has 26 heavy (non-hydrogen) atoms. The van der Waals surface area contributed by atoms with Crippen LogP contribution in [0.25, 0.3) is 10.9 Å². The summed E-state index contributed by atoms with van der Waals surface area (Å²) >= 11 is 5.90. The third kappa shape index (κ3) is 3.48. The van der Waals surface area contributed by atoms with E-state index in [-0.39, 0.29) is 23.8 Å². The van der Waals surface area contributed by atoms with Crippen molar-refractivity contribution in [3.8, 4) is 5.75 Å². The molecular weight excluding hydrogens is 356 g/mol. The summed E-state index contributed by atoms with van der Waals surface area (Å²) in [6, 6.07) is 9.56. The fraction of sp³-hybridized carbons (Fsp3) is 0.167. The molecule has 1 heterocycles. The van der Waals surface area contributed by atoms with Crippen molar-refractivity contribution in [2.24, 2.45) is 0 Å². The van der Waals surface area contributed by atoms with Crippen molar-refractivity contribution >= 4 is 40.0 Å². The molecule has 0 bridgehead atoms. The van der Waals surface area contributed by atoms with Gasteiger partial charge in [-0.2, -0.15) is 5.10 Å². The van der Waals surface area contributed by atoms with Crippen LogP contribution in [0.15, 0.2) is 42.6 Å². The van der Waals surface area contributed by atoms with Crippen LogP contribution in [0, 0.1) is 0 Å². The highest BCUT2D eigenvalue weighted by Gasteiger charge is 2.15. The lowest BCUT2D eigenvalue weighted by molar-refractivity contribution is -0.129. The molecule has 3 aromatic rings. The van der Waals surface area contributed by atoms with E-state index in [1.54, 1.807) is 37.1 Å². The number of hydrogen-bond donors (Lipinski definition) is 2. The molecule has 1 aromatic heterocycles. The molecule has 0 aliphatic carbocycles. The summed E-state index contributed by atoms with van der Waals surface area (Å²) in [5.41, 5.74) is 1.31. The van der Waals surface area contributed by atoms with Crippen molar-refractivity contribution in [1.29, 1.82) is 0 Å². The van der Waals surface area contributed by atoms with Gasteiger partial charge in [-0.1, -0.05) is 17.7 Å². The monoisotopic (exact) mass is 372 g/mol. The van der Waals surface area contributed by atoms with Gasteiger partial charge >= 0.3 is 0 Å². The van der Waals surface area contributed by atoms with Gasteiger partial charge in [-0.25, -0.2) is 0 Å². The second-order valence-electron chi connectivity index (χ2n) is 5.94. The number of hydrogen-bond acceptors (Lipinski definition) is 4. The van der Waals surface area contributed by atoms with E-state index in [1.165, 1.54) is 23.1 Å². The Hall–Kier alpha value is -3.06. The second kappa shape index (κ2) is 7.05. The van der Waals surface area contributed by atoms with Gasteiger partial charge in [0.2, 0.25) is 5.91 Å². The van der Waals surface area contributed by atoms with Gasteiger partial charge in [0.1, 0.15) is 12.3 Å². The normalized spacial score (nSPS) is 10.7. The summed E-state index contributed by atoms with van der Waals surface area (Å²) in [5.74, 6) is -0.741. The number of amides is 2. The highest BCUT2D eigenvalue weighted by Crippen LogP contribution is 2.26. The number of phenols is 1. The smallest absolute Gasteiger partial charge is 0.259 e. The lowest BCUT2D eigenvalue weighted by atomic mass is 10.1. The Morgan fingerprint density at radius 2 is 2.04 bits per heavy atom. The van der Waals surface area contributed by atoms with Gasteiger partial charge in [0.25, 0.3) is 5.91 Å². The van der Waals surface area contributed by atoms with Crippen LogP contribution in [0.1, 0.15) is 10.4 Å². The zero-order chi connectivity index (χ0) is 18.8. The first-order valence-corrected chi connectivity index (χ1v) is 8.19. The minimum absolute atomic E-state index is 0.0738. The first kappa shape index (κ1) is 17.8. The molecule has 0 fully saturated rings. The molecule has 3 rings (SSSR count). The number of likely N-dealkylation sites (N-methyl/N-ethyl adjacent to an activating group) is 1. The van der Waals surface area contributed by atoms with Crippen LogP contribution in [0.4, 0.5) is 5.69 Å². The van der Waals surface area contributed by atoms with Gasteiger partial charge in [0.05, 0.1) is 23.0 Å². The minimum Gasteiger partial charge on any atom is -0.507 e. The van der Waals surface area contributed by atoms with Crippen molar-refractivity contribution in [1.82, 2.24) is 14.7 Å². The summed E-state index contributed by atoms with van der Waals surface area (Å²) in [5, 5.41) is 17.9. The Labute approximate surface area is 154 Å². The van der Waals surface area contributed by atoms with Crippen LogP contribution in [0.3, 0.4) is 0 Å². The number of aromatic nitrogens is 2. The number of rotatable bonds is 4. The van der Waals surface area contributed by atoms with Gasteiger partial charge in [-0.15, -0.1) is 0 Å². The van der Waals surface area contributed by atoms with Gasteiger partial charge in [-0.05, 0) is 30.3 Å². The number of benzene rings is 2. The molecular formula is C18H17ClN4O3. The Morgan fingerprint density at radius 3 is 2.77 bits per heavy atom. The van der Waals surface area contributed by atoms with Crippen LogP contribution >= 0.6 is 11.6 Å². The first-order chi connectivity index (χ1) is 12.4. The Morgan fingerprint density at radius 1 is 1.27 bits per heavy atom. The fourth-order valence-corrected chi connectivity index (χ4v) is 2.66. The van der Waals surface area contributed by atoms with Crippen LogP contribution < -0.4 is 5.32 Å². The number of carbonyl (C=O) groups is 2. The Bertz CT molecular complexity index is 997. The molecule has 2 aromatic carbocycles. The van der Waals surface area contributed by atoms with Crippen molar-refractivity contribution in [3.63, 3.8) is 0 Å². The van der Waals surface area contributed by atoms with Crippen molar-refractivity contribution < 1.29 is 14.7 Å². The van der Waals surface area contributed by atoms with E-state index in [1.807, 2.05) is 6.07 Å². The third-order valence-electron chi connectivity index (χ3n) is 3.92. The summed E-state index contributed by atoms with van der Waals surface area (Å²) in [4.78, 5) is 25.9. The minimum atomic E-state index is -0.491. The first-order valence-electron chi connectivity index (χ1n) is 7.81. The molecule has 7 nitrogen and oxygen atoms in total. The third-order valence-corrected chi connectivity index (χ3v) is 4.16. The molecule has 0 radical (unpaired) electrons. The summed E-state index contributed by atoms with van der Waals surface area (Å²) < 4.78 is 1.57. The molecule has 8 heteroatoms. The number of nitrogens with one attached hydrogen (secondary N) is 1. The zero-order valence-corrected chi connectivity index (χ0v) is 15.0. The number of halogens is 1. The SMILES string of the molecule is CN(C)C(=O)Cn1ncc2c(NC(=O)c3cc(Cl)ccc3O)cccc21. The number of fused-ring (bicyclic) bond motifs is 1. The quantitative estimate of drug-likeness (QED) is 0.737. The zero-order valence-electron chi connectivity index (χ0n) is 14.2. The molecule has 0 unspecified atom stereocenters. The lowest BCUT2D eigenvalue weighted by Crippen LogP contribution is -2.26. The maximum atomic E-state index is 12.5. The maximum Gasteiger partial charge on any atom is 0.259 e. The van der Waals surface area contributed by atoms with Crippen molar-refractivity contribution in [2.45, 2.75) is 6.54 Å². The average molecular weight is 373 g/mol. The lowest BCUT2D eigenvalue weighted by Gasteiger charge is -2.11. The van der Waals surface area contributed by atoms with Crippen LogP contribution in [0.5, 0.6) is 5.75 Å². The maximum absolute atomic E-state index is 12.5. The van der Waals surface area contributed by atoms with E-state index in [2.05, 4.69) is 10.4 Å². The van der Waals surface area contributed by atoms with Crippen LogP contribution in [-0.2, 0) is 11.3 Å². The molecule has 0 atom stereocenters. The number of aromatic hydroxyl groups is 1. The van der Waals surface area contributed by atoms with Crippen molar-refractivity contribution in [2.75, 3.05) is 19.4 Å². The van der Waals surface area contributed by atoms with Gasteiger partial charge < -0.3 is 15.3 Å². The van der Waals surface area contributed by atoms with Crippen molar-refractivity contribution in [3.05, 3.63) is 53.2 Å². The second-order valence-corrected chi connectivity index (χ2v) is 6.38. The largest absolute Gasteiger partial charge is 0.507 e. The molecule has 134 valence electrons. The molecule has 0 spiro atoms. The summed E-state index contributed by atoms with van der Waals surface area (Å²) in [6.45, 7) is 0.100. The fourth-order valence-electron chi connectivity index (χ4n) is 2.49. The van der Waals surface area contributed by atoms with Gasteiger partial charge in [0.15, 0.2) is 0 Å². The van der Waals surface area contributed by atoms with Crippen LogP contribution in [0.2, 0.25) is 5.02 Å². The van der Waals surface area contributed by atoms with E-state index in [9.17, 15) is 14.7 Å². The number of carbonyl (C=O) groups excluding carboxylic acids is 2. The average Bonchev–Trinajstić information content (AvgIpc) is 3.01. The molecule has 0 saturated carbocycles. The van der Waals surface area contributed by atoms with E-state index in [0.717, 1.165) is 0 Å². The molecule has 0 aliphatic heterocycles. The highest BCUT2D eigenvalue weighted by atomic mass is 35.5. The van der Waals surface area contributed by atoms with Gasteiger partial charge in [-0.3, -0.25) is 14.3 Å². The summed E-state index contributed by atoms with van der Waals surface area (Å²) in [7, 11) is 3.36. The highest BCUT2D eigenvalue weighted by molar-refractivity contribution is 6.31. The van der Waals surface area contributed by atoms with Crippen LogP contribution in [-0.4, -0.2) is 45.7 Å².